The van der Waals surface area contributed by atoms with E-state index in [9.17, 15) is 4.79 Å². The number of para-hydroxylation sites is 2. The molecule has 0 aliphatic rings. The normalized spacial score (nSPS) is 10.4. The molecule has 0 unspecified atom stereocenters. The maximum absolute atomic E-state index is 12.2. The Morgan fingerprint density at radius 3 is 2.55 bits per heavy atom. The van der Waals surface area contributed by atoms with Gasteiger partial charge in [0.1, 0.15) is 5.75 Å². The second-order valence-electron chi connectivity index (χ2n) is 6.15. The van der Waals surface area contributed by atoms with Gasteiger partial charge in [-0.3, -0.25) is 4.79 Å². The number of ether oxygens (including phenoxy) is 3. The molecule has 0 spiro atoms. The summed E-state index contributed by atoms with van der Waals surface area (Å²) in [4.78, 5) is 16.7. The van der Waals surface area contributed by atoms with Crippen molar-refractivity contribution in [2.45, 2.75) is 19.8 Å². The number of aromatic nitrogens is 1. The van der Waals surface area contributed by atoms with Crippen LogP contribution >= 0.6 is 11.3 Å². The minimum Gasteiger partial charge on any atom is -0.494 e. The number of thiazole rings is 1. The van der Waals surface area contributed by atoms with Crippen LogP contribution in [0.1, 0.15) is 19.8 Å². The first-order valence-corrected chi connectivity index (χ1v) is 10.3. The first-order valence-electron chi connectivity index (χ1n) is 9.44. The van der Waals surface area contributed by atoms with Crippen molar-refractivity contribution in [2.75, 3.05) is 25.6 Å². The van der Waals surface area contributed by atoms with Crippen molar-refractivity contribution in [3.05, 3.63) is 53.9 Å². The van der Waals surface area contributed by atoms with Crippen LogP contribution < -0.4 is 19.5 Å². The molecule has 1 amide bonds. The van der Waals surface area contributed by atoms with Gasteiger partial charge in [0.2, 0.25) is 5.91 Å². The molecule has 2 aromatic carbocycles. The van der Waals surface area contributed by atoms with E-state index in [1.54, 1.807) is 7.11 Å². The summed E-state index contributed by atoms with van der Waals surface area (Å²) in [6.07, 6.45) is 0.953. The largest absolute Gasteiger partial charge is 0.494 e. The fraction of sp³-hybridized carbons (Fsp3) is 0.273. The maximum atomic E-state index is 12.2. The third-order valence-corrected chi connectivity index (χ3v) is 4.84. The summed E-state index contributed by atoms with van der Waals surface area (Å²) in [5.74, 6) is 2.11. The molecular weight excluding hydrogens is 388 g/mol. The van der Waals surface area contributed by atoms with Crippen molar-refractivity contribution in [2.24, 2.45) is 0 Å². The highest BCUT2D eigenvalue weighted by molar-refractivity contribution is 7.14. The highest BCUT2D eigenvalue weighted by atomic mass is 32.1. The number of benzene rings is 2. The van der Waals surface area contributed by atoms with Gasteiger partial charge in [-0.05, 0) is 49.7 Å². The quantitative estimate of drug-likeness (QED) is 0.474. The molecule has 3 rings (SSSR count). The topological polar surface area (TPSA) is 69.7 Å². The fourth-order valence-electron chi connectivity index (χ4n) is 2.69. The van der Waals surface area contributed by atoms with Crippen LogP contribution in [-0.2, 0) is 4.79 Å². The Labute approximate surface area is 174 Å². The lowest BCUT2D eigenvalue weighted by atomic mass is 10.2. The van der Waals surface area contributed by atoms with Crippen molar-refractivity contribution >= 4 is 22.4 Å². The zero-order valence-corrected chi connectivity index (χ0v) is 17.3. The number of methoxy groups -OCH3 is 1. The van der Waals surface area contributed by atoms with Crippen molar-refractivity contribution in [1.29, 1.82) is 0 Å². The third-order valence-electron chi connectivity index (χ3n) is 4.09. The van der Waals surface area contributed by atoms with E-state index in [2.05, 4.69) is 10.3 Å². The Balaban J connectivity index is 1.45. The first-order chi connectivity index (χ1) is 14.2. The Morgan fingerprint density at radius 1 is 1.07 bits per heavy atom. The summed E-state index contributed by atoms with van der Waals surface area (Å²) in [6, 6.07) is 15.2. The molecule has 1 aromatic heterocycles. The van der Waals surface area contributed by atoms with Crippen LogP contribution in [-0.4, -0.2) is 31.2 Å². The Hall–Kier alpha value is -3.06. The van der Waals surface area contributed by atoms with Crippen LogP contribution in [0.15, 0.2) is 53.9 Å². The van der Waals surface area contributed by atoms with E-state index in [1.807, 2.05) is 60.8 Å². The van der Waals surface area contributed by atoms with Crippen LogP contribution in [0.4, 0.5) is 5.13 Å². The molecular formula is C22H24N2O4S. The van der Waals surface area contributed by atoms with Gasteiger partial charge in [-0.1, -0.05) is 12.1 Å². The lowest BCUT2D eigenvalue weighted by Crippen LogP contribution is -2.12. The molecule has 0 aliphatic carbocycles. The van der Waals surface area contributed by atoms with Gasteiger partial charge in [0, 0.05) is 17.4 Å². The molecule has 3 aromatic rings. The van der Waals surface area contributed by atoms with E-state index in [1.165, 1.54) is 11.3 Å². The van der Waals surface area contributed by atoms with Crippen molar-refractivity contribution < 1.29 is 19.0 Å². The molecule has 1 heterocycles. The molecule has 0 atom stereocenters. The van der Waals surface area contributed by atoms with Crippen molar-refractivity contribution in [3.63, 3.8) is 0 Å². The number of rotatable bonds is 10. The zero-order valence-electron chi connectivity index (χ0n) is 16.5. The summed E-state index contributed by atoms with van der Waals surface area (Å²) in [6.45, 7) is 3.02. The summed E-state index contributed by atoms with van der Waals surface area (Å²) in [5, 5.41) is 5.36. The van der Waals surface area contributed by atoms with Gasteiger partial charge in [-0.15, -0.1) is 11.3 Å². The molecule has 6 nitrogen and oxygen atoms in total. The minimum atomic E-state index is -0.0822. The van der Waals surface area contributed by atoms with Crippen LogP contribution in [0.5, 0.6) is 17.2 Å². The number of carbonyl (C=O) groups excluding carboxylic acids is 1. The molecule has 0 saturated heterocycles. The van der Waals surface area contributed by atoms with Gasteiger partial charge in [-0.25, -0.2) is 4.98 Å². The summed E-state index contributed by atoms with van der Waals surface area (Å²) >= 11 is 1.41. The lowest BCUT2D eigenvalue weighted by Gasteiger charge is -2.09. The monoisotopic (exact) mass is 412 g/mol. The number of anilines is 1. The third kappa shape index (κ3) is 5.96. The standard InChI is InChI=1S/C22H24N2O4S/c1-3-27-17-12-10-16(11-13-17)18-15-29-22(23-18)24-21(25)9-6-14-28-20-8-5-4-7-19(20)26-2/h4-5,7-8,10-13,15H,3,6,9,14H2,1-2H3,(H,23,24,25). The average molecular weight is 413 g/mol. The maximum Gasteiger partial charge on any atom is 0.226 e. The number of hydrogen-bond acceptors (Lipinski definition) is 6. The molecule has 152 valence electrons. The average Bonchev–Trinajstić information content (AvgIpc) is 3.20. The summed E-state index contributed by atoms with van der Waals surface area (Å²) in [7, 11) is 1.60. The van der Waals surface area contributed by atoms with E-state index >= 15 is 0 Å². The van der Waals surface area contributed by atoms with Gasteiger partial charge in [0.25, 0.3) is 0 Å². The Bertz CT molecular complexity index is 925. The minimum absolute atomic E-state index is 0.0822. The van der Waals surface area contributed by atoms with Crippen LogP contribution in [0.3, 0.4) is 0 Å². The number of amides is 1. The van der Waals surface area contributed by atoms with Gasteiger partial charge < -0.3 is 19.5 Å². The van der Waals surface area contributed by atoms with E-state index in [4.69, 9.17) is 14.2 Å². The molecule has 0 saturated carbocycles. The number of nitrogens with one attached hydrogen (secondary N) is 1. The second kappa shape index (κ2) is 10.5. The van der Waals surface area contributed by atoms with Crippen LogP contribution in [0.25, 0.3) is 11.3 Å². The highest BCUT2D eigenvalue weighted by Crippen LogP contribution is 2.27. The summed E-state index contributed by atoms with van der Waals surface area (Å²) < 4.78 is 16.4. The number of nitrogens with zero attached hydrogens (tertiary/aromatic N) is 1. The summed E-state index contributed by atoms with van der Waals surface area (Å²) in [5.41, 5.74) is 1.81. The zero-order chi connectivity index (χ0) is 20.5. The van der Waals surface area contributed by atoms with E-state index in [0.717, 1.165) is 17.0 Å². The van der Waals surface area contributed by atoms with Gasteiger partial charge in [0.05, 0.1) is 26.0 Å². The smallest absolute Gasteiger partial charge is 0.226 e. The Morgan fingerprint density at radius 2 is 1.83 bits per heavy atom. The van der Waals surface area contributed by atoms with E-state index < -0.39 is 0 Å². The van der Waals surface area contributed by atoms with Crippen LogP contribution in [0.2, 0.25) is 0 Å². The lowest BCUT2D eigenvalue weighted by molar-refractivity contribution is -0.116. The van der Waals surface area contributed by atoms with Gasteiger partial charge in [-0.2, -0.15) is 0 Å². The van der Waals surface area contributed by atoms with Crippen molar-refractivity contribution in [1.82, 2.24) is 4.98 Å². The number of hydrogen-bond donors (Lipinski definition) is 1. The highest BCUT2D eigenvalue weighted by Gasteiger charge is 2.09. The molecule has 7 heteroatoms. The SMILES string of the molecule is CCOc1ccc(-c2csc(NC(=O)CCCOc3ccccc3OC)n2)cc1. The van der Waals surface area contributed by atoms with Crippen molar-refractivity contribution in [3.8, 4) is 28.5 Å². The number of carbonyl (C=O) groups is 1. The molecule has 0 fully saturated rings. The first kappa shape index (κ1) is 20.7. The van der Waals surface area contributed by atoms with Gasteiger partial charge >= 0.3 is 0 Å². The molecule has 0 radical (unpaired) electrons. The predicted molar refractivity (Wildman–Crippen MR) is 115 cm³/mol. The second-order valence-corrected chi connectivity index (χ2v) is 7.00. The fourth-order valence-corrected chi connectivity index (χ4v) is 3.42. The van der Waals surface area contributed by atoms with Gasteiger partial charge in [0.15, 0.2) is 16.6 Å². The predicted octanol–water partition coefficient (Wildman–Crippen LogP) is 5.02. The Kier molecular flexibility index (Phi) is 7.47. The van der Waals surface area contributed by atoms with E-state index in [0.29, 0.717) is 42.7 Å². The molecule has 0 bridgehead atoms. The molecule has 1 N–H and O–H groups in total. The molecule has 29 heavy (non-hydrogen) atoms. The van der Waals surface area contributed by atoms with Crippen LogP contribution in [0, 0.1) is 0 Å². The van der Waals surface area contributed by atoms with E-state index in [-0.39, 0.29) is 5.91 Å². The molecule has 0 aliphatic heterocycles.